The lowest BCUT2D eigenvalue weighted by atomic mass is 10.2. The van der Waals surface area contributed by atoms with Gasteiger partial charge < -0.3 is 5.73 Å². The molecule has 0 aromatic heterocycles. The number of nitrogens with two attached hydrogens (primary N) is 1. The Balaban J connectivity index is 2.33. The van der Waals surface area contributed by atoms with E-state index in [0.717, 1.165) is 16.7 Å². The lowest BCUT2D eigenvalue weighted by Gasteiger charge is -2.19. The van der Waals surface area contributed by atoms with E-state index in [4.69, 9.17) is 5.73 Å². The van der Waals surface area contributed by atoms with Crippen molar-refractivity contribution >= 4 is 15.7 Å². The Morgan fingerprint density at radius 2 is 1.81 bits per heavy atom. The van der Waals surface area contributed by atoms with Crippen LogP contribution in [0.15, 0.2) is 47.4 Å². The highest BCUT2D eigenvalue weighted by molar-refractivity contribution is 7.89. The third-order valence-electron chi connectivity index (χ3n) is 3.39. The summed E-state index contributed by atoms with van der Waals surface area (Å²) in [5.41, 5.74) is 8.90. The van der Waals surface area contributed by atoms with Gasteiger partial charge in [0.05, 0.1) is 4.90 Å². The monoisotopic (exact) mass is 304 g/mol. The Morgan fingerprint density at radius 3 is 2.48 bits per heavy atom. The molecule has 0 heterocycles. The normalized spacial score (nSPS) is 11.8. The molecule has 0 atom stereocenters. The van der Waals surface area contributed by atoms with Gasteiger partial charge in [0.25, 0.3) is 0 Å². The van der Waals surface area contributed by atoms with E-state index in [1.165, 1.54) is 4.31 Å². The molecule has 0 aliphatic heterocycles. The van der Waals surface area contributed by atoms with E-state index >= 15 is 0 Å². The van der Waals surface area contributed by atoms with Crippen molar-refractivity contribution in [3.05, 3.63) is 59.2 Å². The third kappa shape index (κ3) is 3.43. The number of hydrogen-bond donors (Lipinski definition) is 1. The van der Waals surface area contributed by atoms with E-state index in [9.17, 15) is 8.42 Å². The number of nitrogens with zero attached hydrogens (tertiary/aromatic N) is 1. The predicted octanol–water partition coefficient (Wildman–Crippen LogP) is 2.71. The molecule has 2 rings (SSSR count). The summed E-state index contributed by atoms with van der Waals surface area (Å²) in [5, 5.41) is 0. The molecule has 0 fully saturated rings. The number of rotatable bonds is 4. The average molecular weight is 304 g/mol. The molecule has 5 heteroatoms. The third-order valence-corrected chi connectivity index (χ3v) is 5.33. The minimum atomic E-state index is -3.51. The van der Waals surface area contributed by atoms with Crippen LogP contribution in [0.2, 0.25) is 0 Å². The molecule has 0 saturated carbocycles. The number of sulfonamides is 1. The summed E-state index contributed by atoms with van der Waals surface area (Å²) >= 11 is 0. The topological polar surface area (TPSA) is 63.4 Å². The van der Waals surface area contributed by atoms with Crippen LogP contribution in [0.5, 0.6) is 0 Å². The standard InChI is InChI=1S/C16H20N2O2S/c1-12-7-8-13(2)16(9-12)21(19,20)18(3)11-14-5-4-6-15(17)10-14/h4-10H,11,17H2,1-3H3. The minimum absolute atomic E-state index is 0.292. The van der Waals surface area contributed by atoms with E-state index in [1.54, 1.807) is 32.2 Å². The Hall–Kier alpha value is -1.85. The van der Waals surface area contributed by atoms with E-state index < -0.39 is 10.0 Å². The van der Waals surface area contributed by atoms with Gasteiger partial charge in [-0.15, -0.1) is 0 Å². The van der Waals surface area contributed by atoms with Crippen molar-refractivity contribution in [1.82, 2.24) is 4.31 Å². The first-order chi connectivity index (χ1) is 9.80. The van der Waals surface area contributed by atoms with E-state index in [2.05, 4.69) is 0 Å². The van der Waals surface area contributed by atoms with Crippen LogP contribution in [0.1, 0.15) is 16.7 Å². The Bertz CT molecular complexity index is 755. The summed E-state index contributed by atoms with van der Waals surface area (Å²) in [7, 11) is -1.93. The molecular weight excluding hydrogens is 284 g/mol. The van der Waals surface area contributed by atoms with Crippen molar-refractivity contribution in [3.63, 3.8) is 0 Å². The molecule has 0 saturated heterocycles. The fraction of sp³-hybridized carbons (Fsp3) is 0.250. The molecular formula is C16H20N2O2S. The summed E-state index contributed by atoms with van der Waals surface area (Å²) in [6.45, 7) is 3.98. The van der Waals surface area contributed by atoms with Gasteiger partial charge in [-0.25, -0.2) is 8.42 Å². The highest BCUT2D eigenvalue weighted by atomic mass is 32.2. The van der Waals surface area contributed by atoms with Crippen molar-refractivity contribution < 1.29 is 8.42 Å². The Labute approximate surface area is 126 Å². The lowest BCUT2D eigenvalue weighted by Crippen LogP contribution is -2.27. The van der Waals surface area contributed by atoms with Crippen LogP contribution in [-0.2, 0) is 16.6 Å². The smallest absolute Gasteiger partial charge is 0.243 e. The number of nitrogen functional groups attached to an aromatic ring is 1. The largest absolute Gasteiger partial charge is 0.399 e. The lowest BCUT2D eigenvalue weighted by molar-refractivity contribution is 0.466. The Morgan fingerprint density at radius 1 is 1.10 bits per heavy atom. The van der Waals surface area contributed by atoms with Crippen LogP contribution >= 0.6 is 0 Å². The maximum absolute atomic E-state index is 12.7. The van der Waals surface area contributed by atoms with Crippen LogP contribution in [0, 0.1) is 13.8 Å². The van der Waals surface area contributed by atoms with Crippen molar-refractivity contribution in [2.24, 2.45) is 0 Å². The van der Waals surface area contributed by atoms with Crippen LogP contribution in [0.25, 0.3) is 0 Å². The highest BCUT2D eigenvalue weighted by Gasteiger charge is 2.22. The molecule has 0 spiro atoms. The first-order valence-electron chi connectivity index (χ1n) is 6.69. The molecule has 2 aromatic rings. The highest BCUT2D eigenvalue weighted by Crippen LogP contribution is 2.22. The molecule has 0 bridgehead atoms. The molecule has 112 valence electrons. The van der Waals surface area contributed by atoms with Gasteiger partial charge in [-0.3, -0.25) is 0 Å². The summed E-state index contributed by atoms with van der Waals surface area (Å²) in [4.78, 5) is 0.355. The number of anilines is 1. The average Bonchev–Trinajstić information content (AvgIpc) is 2.41. The molecule has 2 N–H and O–H groups in total. The zero-order valence-corrected chi connectivity index (χ0v) is 13.3. The quantitative estimate of drug-likeness (QED) is 0.883. The maximum Gasteiger partial charge on any atom is 0.243 e. The van der Waals surface area contributed by atoms with Gasteiger partial charge in [-0.05, 0) is 48.7 Å². The minimum Gasteiger partial charge on any atom is -0.399 e. The van der Waals surface area contributed by atoms with Crippen molar-refractivity contribution in [3.8, 4) is 0 Å². The predicted molar refractivity (Wildman–Crippen MR) is 85.4 cm³/mol. The molecule has 21 heavy (non-hydrogen) atoms. The van der Waals surface area contributed by atoms with Crippen LogP contribution < -0.4 is 5.73 Å². The molecule has 4 nitrogen and oxygen atoms in total. The molecule has 0 radical (unpaired) electrons. The van der Waals surface area contributed by atoms with Crippen LogP contribution in [0.4, 0.5) is 5.69 Å². The summed E-state index contributed by atoms with van der Waals surface area (Å²) in [5.74, 6) is 0. The number of benzene rings is 2. The van der Waals surface area contributed by atoms with Crippen LogP contribution in [-0.4, -0.2) is 19.8 Å². The van der Waals surface area contributed by atoms with Crippen molar-refractivity contribution in [1.29, 1.82) is 0 Å². The van der Waals surface area contributed by atoms with Gasteiger partial charge in [0.15, 0.2) is 0 Å². The van der Waals surface area contributed by atoms with Crippen molar-refractivity contribution in [2.45, 2.75) is 25.3 Å². The molecule has 0 amide bonds. The van der Waals surface area contributed by atoms with E-state index in [-0.39, 0.29) is 0 Å². The fourth-order valence-corrected chi connectivity index (χ4v) is 3.65. The fourth-order valence-electron chi connectivity index (χ4n) is 2.19. The van der Waals surface area contributed by atoms with E-state index in [0.29, 0.717) is 17.1 Å². The molecule has 2 aromatic carbocycles. The van der Waals surface area contributed by atoms with Gasteiger partial charge in [0, 0.05) is 19.3 Å². The van der Waals surface area contributed by atoms with Gasteiger partial charge >= 0.3 is 0 Å². The molecule has 0 aliphatic carbocycles. The Kier molecular flexibility index (Phi) is 4.34. The number of hydrogen-bond acceptors (Lipinski definition) is 3. The van der Waals surface area contributed by atoms with Crippen LogP contribution in [0.3, 0.4) is 0 Å². The zero-order valence-electron chi connectivity index (χ0n) is 12.5. The SMILES string of the molecule is Cc1ccc(C)c(S(=O)(=O)N(C)Cc2cccc(N)c2)c1. The molecule has 0 aliphatic rings. The van der Waals surface area contributed by atoms with Gasteiger partial charge in [-0.1, -0.05) is 24.3 Å². The summed E-state index contributed by atoms with van der Waals surface area (Å²) in [6, 6.07) is 12.7. The zero-order chi connectivity index (χ0) is 15.6. The van der Waals surface area contributed by atoms with Gasteiger partial charge in [-0.2, -0.15) is 4.31 Å². The summed E-state index contributed by atoms with van der Waals surface area (Å²) < 4.78 is 26.7. The first-order valence-corrected chi connectivity index (χ1v) is 8.13. The van der Waals surface area contributed by atoms with Crippen molar-refractivity contribution in [2.75, 3.05) is 12.8 Å². The summed E-state index contributed by atoms with van der Waals surface area (Å²) in [6.07, 6.45) is 0. The van der Waals surface area contributed by atoms with Gasteiger partial charge in [0.2, 0.25) is 10.0 Å². The van der Waals surface area contributed by atoms with Gasteiger partial charge in [0.1, 0.15) is 0 Å². The second-order valence-electron chi connectivity index (χ2n) is 5.28. The maximum atomic E-state index is 12.7. The van der Waals surface area contributed by atoms with E-state index in [1.807, 2.05) is 31.2 Å². The second kappa shape index (κ2) is 5.87. The first kappa shape index (κ1) is 15.5. The number of aryl methyl sites for hydroxylation is 2. The second-order valence-corrected chi connectivity index (χ2v) is 7.29. The molecule has 0 unspecified atom stereocenters.